The molecule has 1 N–H and O–H groups in total. The summed E-state index contributed by atoms with van der Waals surface area (Å²) in [6.07, 6.45) is 5.11. The Morgan fingerprint density at radius 2 is 1.84 bits per heavy atom. The first-order chi connectivity index (χ1) is 15.2. The lowest BCUT2D eigenvalue weighted by molar-refractivity contribution is 0.185. The van der Waals surface area contributed by atoms with Crippen molar-refractivity contribution >= 4 is 16.5 Å². The predicted octanol–water partition coefficient (Wildman–Crippen LogP) is 3.41. The molecule has 1 aliphatic rings. The molecule has 0 spiro atoms. The van der Waals surface area contributed by atoms with E-state index in [1.54, 1.807) is 19.2 Å². The lowest BCUT2D eigenvalue weighted by atomic mass is 9.99. The van der Waals surface area contributed by atoms with Crippen LogP contribution in [0.1, 0.15) is 30.4 Å². The predicted molar refractivity (Wildman–Crippen MR) is 124 cm³/mol. The minimum absolute atomic E-state index is 0.226. The number of methoxy groups -OCH3 is 1. The van der Waals surface area contributed by atoms with Gasteiger partial charge in [-0.3, -0.25) is 14.3 Å². The molecule has 0 aliphatic carbocycles. The number of ether oxygens (including phenoxy) is 1. The molecule has 1 aromatic heterocycles. The summed E-state index contributed by atoms with van der Waals surface area (Å²) in [6, 6.07) is 16.0. The van der Waals surface area contributed by atoms with Crippen molar-refractivity contribution in [2.75, 3.05) is 26.7 Å². The molecule has 6 heteroatoms. The van der Waals surface area contributed by atoms with Crippen molar-refractivity contribution in [3.8, 4) is 0 Å². The molecule has 0 atom stereocenters. The van der Waals surface area contributed by atoms with E-state index in [-0.39, 0.29) is 11.2 Å². The van der Waals surface area contributed by atoms with Gasteiger partial charge in [0.05, 0.1) is 17.5 Å². The van der Waals surface area contributed by atoms with E-state index >= 15 is 0 Å². The van der Waals surface area contributed by atoms with Crippen molar-refractivity contribution in [1.29, 1.82) is 0 Å². The quantitative estimate of drug-likeness (QED) is 0.568. The lowest BCUT2D eigenvalue weighted by Crippen LogP contribution is -2.35. The Kier molecular flexibility index (Phi) is 6.79. The molecule has 1 aliphatic heterocycles. The zero-order chi connectivity index (χ0) is 21.6. The number of hydrogen-bond acceptors (Lipinski definition) is 4. The molecule has 0 unspecified atom stereocenters. The SMILES string of the molecule is COCc1ccc2c(=O)n(CCCCN3CC=C(c4ccccc4)CC3)c(=O)[nH]c2c1. The van der Waals surface area contributed by atoms with E-state index in [2.05, 4.69) is 40.2 Å². The summed E-state index contributed by atoms with van der Waals surface area (Å²) in [5.41, 5.74) is 3.65. The summed E-state index contributed by atoms with van der Waals surface area (Å²) >= 11 is 0. The van der Waals surface area contributed by atoms with E-state index in [1.807, 2.05) is 12.1 Å². The molecule has 0 amide bonds. The van der Waals surface area contributed by atoms with Crippen molar-refractivity contribution in [2.24, 2.45) is 0 Å². The molecule has 0 fully saturated rings. The Balaban J connectivity index is 1.33. The highest BCUT2D eigenvalue weighted by molar-refractivity contribution is 5.77. The Labute approximate surface area is 181 Å². The van der Waals surface area contributed by atoms with Gasteiger partial charge in [-0.2, -0.15) is 0 Å². The van der Waals surface area contributed by atoms with Crippen LogP contribution >= 0.6 is 0 Å². The van der Waals surface area contributed by atoms with Crippen molar-refractivity contribution in [3.63, 3.8) is 0 Å². The Morgan fingerprint density at radius 1 is 1.03 bits per heavy atom. The van der Waals surface area contributed by atoms with E-state index in [9.17, 15) is 9.59 Å². The standard InChI is InChI=1S/C25H29N3O3/c1-31-18-19-9-10-22-23(17-19)26-25(30)28(24(22)29)14-6-5-13-27-15-11-21(12-16-27)20-7-3-2-4-8-20/h2-4,7-11,17H,5-6,12-16,18H2,1H3,(H,26,30). The van der Waals surface area contributed by atoms with Crippen LogP contribution in [0, 0.1) is 0 Å². The minimum Gasteiger partial charge on any atom is -0.380 e. The number of hydrogen-bond donors (Lipinski definition) is 1. The topological polar surface area (TPSA) is 67.3 Å². The number of unbranched alkanes of at least 4 members (excludes halogenated alkanes) is 1. The molecule has 3 aromatic rings. The maximum atomic E-state index is 12.8. The van der Waals surface area contributed by atoms with Crippen molar-refractivity contribution in [2.45, 2.75) is 32.4 Å². The molecular weight excluding hydrogens is 390 g/mol. The van der Waals surface area contributed by atoms with Crippen LogP contribution in [0.2, 0.25) is 0 Å². The summed E-state index contributed by atoms with van der Waals surface area (Å²) in [4.78, 5) is 30.5. The molecule has 4 rings (SSSR count). The summed E-state index contributed by atoms with van der Waals surface area (Å²) < 4.78 is 6.44. The number of nitrogens with one attached hydrogen (secondary N) is 1. The largest absolute Gasteiger partial charge is 0.380 e. The van der Waals surface area contributed by atoms with Gasteiger partial charge < -0.3 is 9.72 Å². The maximum Gasteiger partial charge on any atom is 0.328 e. The fraction of sp³-hybridized carbons (Fsp3) is 0.360. The molecular formula is C25H29N3O3. The van der Waals surface area contributed by atoms with Gasteiger partial charge in [0.15, 0.2) is 0 Å². The highest BCUT2D eigenvalue weighted by atomic mass is 16.5. The van der Waals surface area contributed by atoms with Gasteiger partial charge >= 0.3 is 5.69 Å². The molecule has 162 valence electrons. The third-order valence-corrected chi connectivity index (χ3v) is 5.90. The van der Waals surface area contributed by atoms with E-state index in [0.29, 0.717) is 24.1 Å². The highest BCUT2D eigenvalue weighted by Gasteiger charge is 2.13. The molecule has 0 saturated carbocycles. The van der Waals surface area contributed by atoms with Crippen LogP contribution in [-0.2, 0) is 17.9 Å². The minimum atomic E-state index is -0.347. The number of rotatable bonds is 8. The van der Waals surface area contributed by atoms with E-state index in [0.717, 1.165) is 44.5 Å². The third-order valence-electron chi connectivity index (χ3n) is 5.90. The number of fused-ring (bicyclic) bond motifs is 1. The zero-order valence-corrected chi connectivity index (χ0v) is 18.0. The van der Waals surface area contributed by atoms with Gasteiger partial charge in [0.1, 0.15) is 0 Å². The number of benzene rings is 2. The van der Waals surface area contributed by atoms with Crippen LogP contribution in [0.4, 0.5) is 0 Å². The third kappa shape index (κ3) is 5.03. The Bertz CT molecular complexity index is 1180. The van der Waals surface area contributed by atoms with E-state index in [1.165, 1.54) is 15.7 Å². The molecule has 2 heterocycles. The molecule has 0 radical (unpaired) electrons. The Hall–Kier alpha value is -2.96. The van der Waals surface area contributed by atoms with Crippen molar-refractivity contribution < 1.29 is 4.74 Å². The molecule has 31 heavy (non-hydrogen) atoms. The smallest absolute Gasteiger partial charge is 0.328 e. The number of nitrogens with zero attached hydrogens (tertiary/aromatic N) is 2. The van der Waals surface area contributed by atoms with Crippen molar-refractivity contribution in [3.05, 3.63) is 86.6 Å². The highest BCUT2D eigenvalue weighted by Crippen LogP contribution is 2.22. The first-order valence-corrected chi connectivity index (χ1v) is 10.9. The van der Waals surface area contributed by atoms with Gasteiger partial charge in [-0.05, 0) is 54.6 Å². The summed E-state index contributed by atoms with van der Waals surface area (Å²) in [5, 5.41) is 0.536. The monoisotopic (exact) mass is 419 g/mol. The van der Waals surface area contributed by atoms with Crippen LogP contribution in [0.5, 0.6) is 0 Å². The molecule has 0 saturated heterocycles. The van der Waals surface area contributed by atoms with E-state index in [4.69, 9.17) is 4.74 Å². The van der Waals surface area contributed by atoms with Crippen LogP contribution in [0.15, 0.2) is 64.2 Å². The first kappa shape index (κ1) is 21.3. The average molecular weight is 420 g/mol. The lowest BCUT2D eigenvalue weighted by Gasteiger charge is -2.26. The number of H-pyrrole nitrogens is 1. The van der Waals surface area contributed by atoms with Gasteiger partial charge in [0, 0.05) is 26.7 Å². The second kappa shape index (κ2) is 9.90. The van der Waals surface area contributed by atoms with Crippen molar-refractivity contribution in [1.82, 2.24) is 14.5 Å². The average Bonchev–Trinajstić information content (AvgIpc) is 2.79. The molecule has 2 aromatic carbocycles. The van der Waals surface area contributed by atoms with E-state index < -0.39 is 0 Å². The molecule has 0 bridgehead atoms. The van der Waals surface area contributed by atoms with Gasteiger partial charge in [-0.15, -0.1) is 0 Å². The van der Waals surface area contributed by atoms with Gasteiger partial charge in [-0.25, -0.2) is 4.79 Å². The zero-order valence-electron chi connectivity index (χ0n) is 18.0. The van der Waals surface area contributed by atoms with Gasteiger partial charge in [-0.1, -0.05) is 42.5 Å². The maximum absolute atomic E-state index is 12.8. The van der Waals surface area contributed by atoms with Gasteiger partial charge in [0.25, 0.3) is 5.56 Å². The number of aromatic nitrogens is 2. The summed E-state index contributed by atoms with van der Waals surface area (Å²) in [5.74, 6) is 0. The summed E-state index contributed by atoms with van der Waals surface area (Å²) in [6.45, 7) is 3.84. The van der Waals surface area contributed by atoms with Crippen LogP contribution in [0.3, 0.4) is 0 Å². The second-order valence-corrected chi connectivity index (χ2v) is 8.05. The second-order valence-electron chi connectivity index (χ2n) is 8.05. The Morgan fingerprint density at radius 3 is 2.58 bits per heavy atom. The van der Waals surface area contributed by atoms with Gasteiger partial charge in [0.2, 0.25) is 0 Å². The first-order valence-electron chi connectivity index (χ1n) is 10.9. The van der Waals surface area contributed by atoms with Crippen LogP contribution in [0.25, 0.3) is 16.5 Å². The van der Waals surface area contributed by atoms with Crippen LogP contribution < -0.4 is 11.2 Å². The number of aromatic amines is 1. The fourth-order valence-corrected chi connectivity index (χ4v) is 4.20. The molecule has 6 nitrogen and oxygen atoms in total. The normalized spacial score (nSPS) is 14.7. The fourth-order valence-electron chi connectivity index (χ4n) is 4.20. The summed E-state index contributed by atoms with van der Waals surface area (Å²) in [7, 11) is 1.62. The van der Waals surface area contributed by atoms with Crippen LogP contribution in [-0.4, -0.2) is 41.2 Å².